The van der Waals surface area contributed by atoms with Gasteiger partial charge in [-0.3, -0.25) is 0 Å². The number of aliphatic hydroxyl groups is 1. The summed E-state index contributed by atoms with van der Waals surface area (Å²) in [6, 6.07) is 10.4. The molecule has 0 bridgehead atoms. The van der Waals surface area contributed by atoms with Crippen LogP contribution in [0.3, 0.4) is 0 Å². The molecule has 2 rings (SSSR count). The molecule has 1 saturated heterocycles. The second-order valence-corrected chi connectivity index (χ2v) is 6.80. The van der Waals surface area contributed by atoms with E-state index in [1.54, 1.807) is 0 Å². The standard InChI is InChI=1S/C18H25NO/c1-6-17(4,5)19-13-14(2)18(20,12-15(19)3)16-10-8-7-9-11-16/h1,7-11,14-15,20H,12-13H2,2-5H3/p+1/t14-,15-,18+/m1/s1. The number of nitrogens with one attached hydrogen (secondary N) is 1. The summed E-state index contributed by atoms with van der Waals surface area (Å²) in [5.74, 6) is 3.09. The first-order valence-corrected chi connectivity index (χ1v) is 7.43. The molecular formula is C18H26NO+. The van der Waals surface area contributed by atoms with Gasteiger partial charge >= 0.3 is 0 Å². The molecule has 2 heteroatoms. The third kappa shape index (κ3) is 2.49. The monoisotopic (exact) mass is 272 g/mol. The molecule has 0 spiro atoms. The first-order chi connectivity index (χ1) is 9.31. The number of hydrogen-bond acceptors (Lipinski definition) is 1. The van der Waals surface area contributed by atoms with Crippen LogP contribution < -0.4 is 4.90 Å². The molecule has 0 aliphatic carbocycles. The normalized spacial score (nSPS) is 34.5. The Hall–Kier alpha value is -1.30. The van der Waals surface area contributed by atoms with Gasteiger partial charge in [-0.15, -0.1) is 6.42 Å². The largest absolute Gasteiger partial charge is 0.384 e. The maximum Gasteiger partial charge on any atom is 0.153 e. The second kappa shape index (κ2) is 5.24. The van der Waals surface area contributed by atoms with E-state index in [0.29, 0.717) is 6.04 Å². The number of hydrogen-bond donors (Lipinski definition) is 2. The molecule has 2 N–H and O–H groups in total. The Balaban J connectivity index is 2.29. The van der Waals surface area contributed by atoms with Crippen LogP contribution in [0, 0.1) is 18.3 Å². The maximum absolute atomic E-state index is 11.2. The SMILES string of the molecule is C#CC(C)(C)[NH+]1C[C@@H](C)[C@](O)(c2ccccc2)C[C@H]1C. The zero-order valence-electron chi connectivity index (χ0n) is 13.0. The molecule has 1 fully saturated rings. The third-order valence-corrected chi connectivity index (χ3v) is 4.99. The quantitative estimate of drug-likeness (QED) is 0.785. The van der Waals surface area contributed by atoms with Crippen LogP contribution in [0.4, 0.5) is 0 Å². The van der Waals surface area contributed by atoms with Crippen molar-refractivity contribution >= 4 is 0 Å². The summed E-state index contributed by atoms with van der Waals surface area (Å²) in [6.07, 6.45) is 6.44. The van der Waals surface area contributed by atoms with Gasteiger partial charge in [0.05, 0.1) is 12.6 Å². The van der Waals surface area contributed by atoms with Crippen molar-refractivity contribution in [3.8, 4) is 12.3 Å². The molecule has 1 aliphatic rings. The summed E-state index contributed by atoms with van der Waals surface area (Å²) in [4.78, 5) is 1.40. The highest BCUT2D eigenvalue weighted by Gasteiger charge is 2.49. The summed E-state index contributed by atoms with van der Waals surface area (Å²) in [7, 11) is 0. The fourth-order valence-corrected chi connectivity index (χ4v) is 3.58. The van der Waals surface area contributed by atoms with Gasteiger partial charge in [-0.1, -0.05) is 37.3 Å². The van der Waals surface area contributed by atoms with Crippen LogP contribution >= 0.6 is 0 Å². The predicted molar refractivity (Wildman–Crippen MR) is 82.3 cm³/mol. The topological polar surface area (TPSA) is 24.7 Å². The lowest BCUT2D eigenvalue weighted by atomic mass is 9.73. The minimum atomic E-state index is -0.741. The Bertz CT molecular complexity index is 502. The molecule has 0 radical (unpaired) electrons. The highest BCUT2D eigenvalue weighted by Crippen LogP contribution is 2.35. The molecule has 20 heavy (non-hydrogen) atoms. The Labute approximate surface area is 122 Å². The van der Waals surface area contributed by atoms with Gasteiger partial charge in [-0.25, -0.2) is 0 Å². The number of rotatable bonds is 2. The molecule has 1 aromatic carbocycles. The van der Waals surface area contributed by atoms with Gasteiger partial charge in [0.25, 0.3) is 0 Å². The van der Waals surface area contributed by atoms with Crippen molar-refractivity contribution in [2.24, 2.45) is 5.92 Å². The molecule has 108 valence electrons. The van der Waals surface area contributed by atoms with Gasteiger partial charge in [-0.2, -0.15) is 0 Å². The predicted octanol–water partition coefficient (Wildman–Crippen LogP) is 1.60. The molecule has 4 atom stereocenters. The van der Waals surface area contributed by atoms with Gasteiger partial charge in [0, 0.05) is 26.2 Å². The fourth-order valence-electron chi connectivity index (χ4n) is 3.58. The van der Waals surface area contributed by atoms with E-state index in [4.69, 9.17) is 6.42 Å². The minimum Gasteiger partial charge on any atom is -0.384 e. The van der Waals surface area contributed by atoms with Crippen LogP contribution in [0.15, 0.2) is 30.3 Å². The molecule has 1 heterocycles. The van der Waals surface area contributed by atoms with Crippen LogP contribution in [-0.2, 0) is 5.60 Å². The first kappa shape index (κ1) is 15.1. The van der Waals surface area contributed by atoms with Crippen molar-refractivity contribution in [1.82, 2.24) is 0 Å². The second-order valence-electron chi connectivity index (χ2n) is 6.80. The van der Waals surface area contributed by atoms with Crippen molar-refractivity contribution in [2.75, 3.05) is 6.54 Å². The van der Waals surface area contributed by atoms with Crippen molar-refractivity contribution in [3.05, 3.63) is 35.9 Å². The van der Waals surface area contributed by atoms with Gasteiger partial charge < -0.3 is 10.0 Å². The zero-order valence-corrected chi connectivity index (χ0v) is 13.0. The average molecular weight is 272 g/mol. The molecule has 1 aliphatic heterocycles. The van der Waals surface area contributed by atoms with E-state index >= 15 is 0 Å². The zero-order chi connectivity index (χ0) is 15.0. The molecular weight excluding hydrogens is 246 g/mol. The molecule has 2 nitrogen and oxygen atoms in total. The van der Waals surface area contributed by atoms with Crippen LogP contribution in [0.5, 0.6) is 0 Å². The van der Waals surface area contributed by atoms with Crippen molar-refractivity contribution in [3.63, 3.8) is 0 Å². The smallest absolute Gasteiger partial charge is 0.153 e. The molecule has 1 unspecified atom stereocenters. The number of terminal acetylenes is 1. The summed E-state index contributed by atoms with van der Waals surface area (Å²) in [5.41, 5.74) is 0.0949. The fraction of sp³-hybridized carbons (Fsp3) is 0.556. The van der Waals surface area contributed by atoms with Crippen LogP contribution in [0.25, 0.3) is 0 Å². The minimum absolute atomic E-state index is 0.184. The van der Waals surface area contributed by atoms with E-state index in [2.05, 4.69) is 33.6 Å². The number of piperidine rings is 1. The van der Waals surface area contributed by atoms with Crippen molar-refractivity contribution in [1.29, 1.82) is 0 Å². The van der Waals surface area contributed by atoms with Crippen LogP contribution in [0.2, 0.25) is 0 Å². The average Bonchev–Trinajstić information content (AvgIpc) is 2.43. The molecule has 1 aromatic rings. The van der Waals surface area contributed by atoms with E-state index in [0.717, 1.165) is 18.5 Å². The van der Waals surface area contributed by atoms with Gasteiger partial charge in [0.2, 0.25) is 0 Å². The number of benzene rings is 1. The van der Waals surface area contributed by atoms with Crippen LogP contribution in [0.1, 0.15) is 39.7 Å². The Morgan fingerprint density at radius 1 is 1.30 bits per heavy atom. The Kier molecular flexibility index (Phi) is 3.95. The summed E-state index contributed by atoms with van der Waals surface area (Å²) in [5, 5.41) is 11.2. The van der Waals surface area contributed by atoms with Gasteiger partial charge in [-0.05, 0) is 18.4 Å². The summed E-state index contributed by atoms with van der Waals surface area (Å²) < 4.78 is 0. The van der Waals surface area contributed by atoms with Crippen molar-refractivity contribution in [2.45, 2.75) is 51.3 Å². The van der Waals surface area contributed by atoms with Gasteiger partial charge in [0.15, 0.2) is 5.54 Å². The van der Waals surface area contributed by atoms with E-state index in [-0.39, 0.29) is 11.5 Å². The molecule has 0 aromatic heterocycles. The lowest BCUT2D eigenvalue weighted by Crippen LogP contribution is -3.24. The lowest BCUT2D eigenvalue weighted by molar-refractivity contribution is -0.972. The highest BCUT2D eigenvalue weighted by molar-refractivity contribution is 5.24. The van der Waals surface area contributed by atoms with E-state index in [9.17, 15) is 5.11 Å². The maximum atomic E-state index is 11.2. The number of quaternary nitrogens is 1. The highest BCUT2D eigenvalue weighted by atomic mass is 16.3. The molecule has 0 saturated carbocycles. The summed E-state index contributed by atoms with van der Waals surface area (Å²) >= 11 is 0. The van der Waals surface area contributed by atoms with E-state index in [1.165, 1.54) is 4.90 Å². The Morgan fingerprint density at radius 2 is 1.90 bits per heavy atom. The lowest BCUT2D eigenvalue weighted by Gasteiger charge is -2.48. The van der Waals surface area contributed by atoms with E-state index in [1.807, 2.05) is 30.3 Å². The van der Waals surface area contributed by atoms with E-state index < -0.39 is 5.60 Å². The molecule has 0 amide bonds. The first-order valence-electron chi connectivity index (χ1n) is 7.43. The Morgan fingerprint density at radius 3 is 2.45 bits per heavy atom. The summed E-state index contributed by atoms with van der Waals surface area (Å²) in [6.45, 7) is 9.43. The van der Waals surface area contributed by atoms with Crippen LogP contribution in [-0.4, -0.2) is 23.2 Å². The van der Waals surface area contributed by atoms with Crippen molar-refractivity contribution < 1.29 is 10.0 Å². The van der Waals surface area contributed by atoms with Gasteiger partial charge in [0.1, 0.15) is 5.60 Å². The number of likely N-dealkylation sites (tertiary alicyclic amines) is 1. The third-order valence-electron chi connectivity index (χ3n) is 4.99.